The summed E-state index contributed by atoms with van der Waals surface area (Å²) in [5.41, 5.74) is 2.42. The summed E-state index contributed by atoms with van der Waals surface area (Å²) in [4.78, 5) is 29.7. The minimum Gasteiger partial charge on any atom is -0.451 e. The lowest BCUT2D eigenvalue weighted by Crippen LogP contribution is -2.44. The van der Waals surface area contributed by atoms with Crippen molar-refractivity contribution in [1.82, 2.24) is 9.88 Å². The van der Waals surface area contributed by atoms with Crippen molar-refractivity contribution < 1.29 is 14.3 Å². The van der Waals surface area contributed by atoms with Gasteiger partial charge in [0.2, 0.25) is 5.91 Å². The zero-order chi connectivity index (χ0) is 15.7. The van der Waals surface area contributed by atoms with E-state index in [0.29, 0.717) is 19.3 Å². The predicted octanol–water partition coefficient (Wildman–Crippen LogP) is 1.66. The van der Waals surface area contributed by atoms with E-state index in [1.165, 1.54) is 16.2 Å². The van der Waals surface area contributed by atoms with Crippen LogP contribution in [0.15, 0.2) is 23.5 Å². The summed E-state index contributed by atoms with van der Waals surface area (Å²) < 4.78 is 4.96. The summed E-state index contributed by atoms with van der Waals surface area (Å²) >= 11 is 1.43. The fourth-order valence-electron chi connectivity index (χ4n) is 1.70. The van der Waals surface area contributed by atoms with Crippen LogP contribution in [-0.4, -0.2) is 41.5 Å². The molecule has 0 aromatic carbocycles. The topological polar surface area (TPSA) is 59.5 Å². The highest BCUT2D eigenvalue weighted by Gasteiger charge is 2.28. The molecule has 0 aliphatic heterocycles. The van der Waals surface area contributed by atoms with Gasteiger partial charge in [-0.3, -0.25) is 4.79 Å². The number of thiazole rings is 1. The minimum absolute atomic E-state index is 0.110. The number of rotatable bonds is 8. The van der Waals surface area contributed by atoms with Crippen LogP contribution in [0.1, 0.15) is 18.5 Å². The molecule has 21 heavy (non-hydrogen) atoms. The number of carbonyl (C=O) groups is 2. The number of amides is 1. The first-order valence-electron chi connectivity index (χ1n) is 6.43. The smallest absolute Gasteiger partial charge is 0.330 e. The number of ether oxygens (including phenoxy) is 1. The summed E-state index contributed by atoms with van der Waals surface area (Å²) in [6.45, 7) is 3.47. The van der Waals surface area contributed by atoms with Crippen LogP contribution in [0.25, 0.3) is 0 Å². The molecule has 1 aromatic heterocycles. The third-order valence-electron chi connectivity index (χ3n) is 2.88. The van der Waals surface area contributed by atoms with Gasteiger partial charge in [0.25, 0.3) is 0 Å². The van der Waals surface area contributed by atoms with Crippen molar-refractivity contribution in [3.63, 3.8) is 0 Å². The molecule has 6 heteroatoms. The number of hydrogen-bond donors (Lipinski definition) is 0. The molecule has 5 nitrogen and oxygen atoms in total. The van der Waals surface area contributed by atoms with Crippen molar-refractivity contribution in [1.29, 1.82) is 0 Å². The van der Waals surface area contributed by atoms with Crippen LogP contribution in [0, 0.1) is 12.3 Å². The Bertz CT molecular complexity index is 520. The van der Waals surface area contributed by atoms with Crippen molar-refractivity contribution in [3.05, 3.63) is 29.2 Å². The summed E-state index contributed by atoms with van der Waals surface area (Å²) in [6.07, 6.45) is 7.92. The van der Waals surface area contributed by atoms with E-state index in [0.717, 1.165) is 5.69 Å². The number of hydrogen-bond acceptors (Lipinski definition) is 5. The molecule has 1 amide bonds. The van der Waals surface area contributed by atoms with Crippen LogP contribution in [-0.2, 0) is 20.7 Å². The average Bonchev–Trinajstić information content (AvgIpc) is 3.00. The summed E-state index contributed by atoms with van der Waals surface area (Å²) in [6, 6.07) is -0.724. The SMILES string of the molecule is C#CCOC(=O)[C@H](Cc1cscn1)N(C)C(=O)CCC=C. The van der Waals surface area contributed by atoms with Gasteiger partial charge in [0.1, 0.15) is 6.04 Å². The number of carbonyl (C=O) groups excluding carboxylic acids is 2. The number of likely N-dealkylation sites (N-methyl/N-ethyl adjacent to an activating group) is 1. The molecule has 1 rings (SSSR count). The van der Waals surface area contributed by atoms with Gasteiger partial charge in [-0.2, -0.15) is 0 Å². The normalized spacial score (nSPS) is 11.2. The lowest BCUT2D eigenvalue weighted by atomic mass is 10.1. The lowest BCUT2D eigenvalue weighted by Gasteiger charge is -2.25. The second kappa shape index (κ2) is 8.93. The van der Waals surface area contributed by atoms with Crippen molar-refractivity contribution >= 4 is 23.2 Å². The van der Waals surface area contributed by atoms with Crippen molar-refractivity contribution in [3.8, 4) is 12.3 Å². The van der Waals surface area contributed by atoms with Gasteiger partial charge < -0.3 is 9.64 Å². The first kappa shape index (κ1) is 16.9. The van der Waals surface area contributed by atoms with E-state index in [-0.39, 0.29) is 12.5 Å². The largest absolute Gasteiger partial charge is 0.451 e. The predicted molar refractivity (Wildman–Crippen MR) is 81.6 cm³/mol. The molecule has 112 valence electrons. The zero-order valence-corrected chi connectivity index (χ0v) is 12.8. The van der Waals surface area contributed by atoms with Gasteiger partial charge in [-0.05, 0) is 6.42 Å². The molecule has 0 spiro atoms. The molecule has 0 bridgehead atoms. The van der Waals surface area contributed by atoms with Gasteiger partial charge in [0.15, 0.2) is 6.61 Å². The Morgan fingerprint density at radius 3 is 3.00 bits per heavy atom. The highest BCUT2D eigenvalue weighted by atomic mass is 32.1. The third kappa shape index (κ3) is 5.40. The number of terminal acetylenes is 1. The fraction of sp³-hybridized carbons (Fsp3) is 0.400. The Morgan fingerprint density at radius 1 is 1.67 bits per heavy atom. The number of nitrogens with zero attached hydrogens (tertiary/aromatic N) is 2. The molecule has 0 aliphatic rings. The van der Waals surface area contributed by atoms with Gasteiger partial charge in [-0.1, -0.05) is 12.0 Å². The van der Waals surface area contributed by atoms with Crippen LogP contribution >= 0.6 is 11.3 Å². The molecule has 0 aliphatic carbocycles. The Hall–Kier alpha value is -2.13. The maximum absolute atomic E-state index is 12.1. The van der Waals surface area contributed by atoms with Gasteiger partial charge in [0.05, 0.1) is 11.2 Å². The summed E-state index contributed by atoms with van der Waals surface area (Å²) in [5.74, 6) is 1.58. The van der Waals surface area contributed by atoms with Crippen molar-refractivity contribution in [2.45, 2.75) is 25.3 Å². The van der Waals surface area contributed by atoms with Crippen molar-refractivity contribution in [2.24, 2.45) is 0 Å². The molecule has 1 atom stereocenters. The molecule has 0 saturated heterocycles. The van der Waals surface area contributed by atoms with Gasteiger partial charge in [-0.15, -0.1) is 24.3 Å². The molecule has 0 unspecified atom stereocenters. The number of aromatic nitrogens is 1. The molecular formula is C15H18N2O3S. The quantitative estimate of drug-likeness (QED) is 0.416. The fourth-order valence-corrected chi connectivity index (χ4v) is 2.27. The van der Waals surface area contributed by atoms with E-state index in [4.69, 9.17) is 11.2 Å². The highest BCUT2D eigenvalue weighted by Crippen LogP contribution is 2.12. The van der Waals surface area contributed by atoms with E-state index in [2.05, 4.69) is 17.5 Å². The average molecular weight is 306 g/mol. The van der Waals surface area contributed by atoms with Crippen LogP contribution in [0.3, 0.4) is 0 Å². The highest BCUT2D eigenvalue weighted by molar-refractivity contribution is 7.07. The van der Waals surface area contributed by atoms with Crippen LogP contribution < -0.4 is 0 Å². The molecule has 0 radical (unpaired) electrons. The molecule has 1 aromatic rings. The maximum atomic E-state index is 12.1. The minimum atomic E-state index is -0.724. The Morgan fingerprint density at radius 2 is 2.43 bits per heavy atom. The standard InChI is InChI=1S/C15H18N2O3S/c1-4-6-7-14(18)17(3)13(15(19)20-8-5-2)9-12-10-21-11-16-12/h2,4,10-11,13H,1,6-9H2,3H3/t13-/m0/s1. The van der Waals surface area contributed by atoms with Crippen LogP contribution in [0.4, 0.5) is 0 Å². The van der Waals surface area contributed by atoms with E-state index in [1.54, 1.807) is 18.6 Å². The van der Waals surface area contributed by atoms with E-state index in [1.807, 2.05) is 5.38 Å². The Kier molecular flexibility index (Phi) is 7.19. The maximum Gasteiger partial charge on any atom is 0.330 e. The molecule has 0 fully saturated rings. The van der Waals surface area contributed by atoms with E-state index >= 15 is 0 Å². The summed E-state index contributed by atoms with van der Waals surface area (Å²) in [5, 5.41) is 1.84. The number of esters is 1. The van der Waals surface area contributed by atoms with Gasteiger partial charge in [-0.25, -0.2) is 9.78 Å². The van der Waals surface area contributed by atoms with Gasteiger partial charge in [0, 0.05) is 25.3 Å². The first-order chi connectivity index (χ1) is 10.1. The van der Waals surface area contributed by atoms with Crippen LogP contribution in [0.2, 0.25) is 0 Å². The monoisotopic (exact) mass is 306 g/mol. The van der Waals surface area contributed by atoms with E-state index < -0.39 is 12.0 Å². The zero-order valence-electron chi connectivity index (χ0n) is 11.9. The van der Waals surface area contributed by atoms with Gasteiger partial charge >= 0.3 is 5.97 Å². The Labute approximate surface area is 128 Å². The Balaban J connectivity index is 2.79. The second-order valence-corrected chi connectivity index (χ2v) is 5.06. The lowest BCUT2D eigenvalue weighted by molar-refractivity contribution is -0.153. The molecule has 0 N–H and O–H groups in total. The molecule has 1 heterocycles. The molecular weight excluding hydrogens is 288 g/mol. The van der Waals surface area contributed by atoms with Crippen molar-refractivity contribution in [2.75, 3.05) is 13.7 Å². The number of allylic oxidation sites excluding steroid dienone is 1. The van der Waals surface area contributed by atoms with E-state index in [9.17, 15) is 9.59 Å². The second-order valence-electron chi connectivity index (χ2n) is 4.34. The summed E-state index contributed by atoms with van der Waals surface area (Å²) in [7, 11) is 1.58. The first-order valence-corrected chi connectivity index (χ1v) is 7.38. The molecule has 0 saturated carbocycles. The van der Waals surface area contributed by atoms with Crippen LogP contribution in [0.5, 0.6) is 0 Å². The third-order valence-corrected chi connectivity index (χ3v) is 3.51.